The van der Waals surface area contributed by atoms with Gasteiger partial charge in [0.1, 0.15) is 0 Å². The molecule has 2 heterocycles. The van der Waals surface area contributed by atoms with Crippen LogP contribution in [0.1, 0.15) is 23.9 Å². The lowest BCUT2D eigenvalue weighted by atomic mass is 10.0. The highest BCUT2D eigenvalue weighted by Gasteiger charge is 2.15. The summed E-state index contributed by atoms with van der Waals surface area (Å²) in [5, 5.41) is 1.19. The van der Waals surface area contributed by atoms with Crippen molar-refractivity contribution in [2.75, 3.05) is 11.9 Å². The van der Waals surface area contributed by atoms with Gasteiger partial charge < -0.3 is 4.90 Å². The van der Waals surface area contributed by atoms with Crippen LogP contribution in [0.3, 0.4) is 0 Å². The number of rotatable bonds is 4. The Hall–Kier alpha value is -2.49. The standard InChI is InChI=1S/C18H20N4/c1-4-15-13(2)21-17-8-6-5-7-16(17)18(15)22(3)12-14-11-19-9-10-20-14/h5-11H,4,12H2,1-3H3. The molecular formula is C18H20N4. The molecule has 3 rings (SSSR count). The lowest BCUT2D eigenvalue weighted by Gasteiger charge is -2.24. The summed E-state index contributed by atoms with van der Waals surface area (Å²) in [7, 11) is 2.11. The minimum Gasteiger partial charge on any atom is -0.368 e. The Balaban J connectivity index is 2.11. The van der Waals surface area contributed by atoms with E-state index >= 15 is 0 Å². The summed E-state index contributed by atoms with van der Waals surface area (Å²) in [6, 6.07) is 8.32. The number of nitrogens with zero attached hydrogens (tertiary/aromatic N) is 4. The van der Waals surface area contributed by atoms with Crippen LogP contribution < -0.4 is 4.90 Å². The average Bonchev–Trinajstić information content (AvgIpc) is 2.54. The fraction of sp³-hybridized carbons (Fsp3) is 0.278. The van der Waals surface area contributed by atoms with E-state index in [-0.39, 0.29) is 0 Å². The fourth-order valence-corrected chi connectivity index (χ4v) is 2.95. The van der Waals surface area contributed by atoms with Gasteiger partial charge in [0.25, 0.3) is 0 Å². The molecule has 0 aliphatic carbocycles. The monoisotopic (exact) mass is 292 g/mol. The minimum atomic E-state index is 0.730. The molecule has 0 radical (unpaired) electrons. The zero-order valence-corrected chi connectivity index (χ0v) is 13.2. The summed E-state index contributed by atoms with van der Waals surface area (Å²) in [6.07, 6.45) is 6.22. The molecule has 0 saturated carbocycles. The molecule has 0 fully saturated rings. The van der Waals surface area contributed by atoms with E-state index in [1.54, 1.807) is 12.4 Å². The molecule has 0 unspecified atom stereocenters. The van der Waals surface area contributed by atoms with Crippen LogP contribution in [0.15, 0.2) is 42.9 Å². The van der Waals surface area contributed by atoms with Crippen molar-refractivity contribution in [2.24, 2.45) is 0 Å². The van der Waals surface area contributed by atoms with E-state index in [4.69, 9.17) is 4.98 Å². The van der Waals surface area contributed by atoms with Gasteiger partial charge in [-0.1, -0.05) is 25.1 Å². The molecule has 3 aromatic rings. The number of hydrogen-bond acceptors (Lipinski definition) is 4. The molecule has 0 N–H and O–H groups in total. The Bertz CT molecular complexity index is 784. The van der Waals surface area contributed by atoms with E-state index in [9.17, 15) is 0 Å². The quantitative estimate of drug-likeness (QED) is 0.737. The number of aryl methyl sites for hydroxylation is 1. The third-order valence-corrected chi connectivity index (χ3v) is 3.92. The number of pyridine rings is 1. The number of para-hydroxylation sites is 1. The molecule has 0 spiro atoms. The number of fused-ring (bicyclic) bond motifs is 1. The average molecular weight is 292 g/mol. The Morgan fingerprint density at radius 1 is 1.14 bits per heavy atom. The van der Waals surface area contributed by atoms with Gasteiger partial charge in [-0.3, -0.25) is 15.0 Å². The molecule has 0 aliphatic heterocycles. The molecule has 1 aromatic carbocycles. The first-order chi connectivity index (χ1) is 10.7. The van der Waals surface area contributed by atoms with Crippen LogP contribution in [-0.4, -0.2) is 22.0 Å². The summed E-state index contributed by atoms with van der Waals surface area (Å²) in [5.41, 5.74) is 5.65. The van der Waals surface area contributed by atoms with Gasteiger partial charge in [-0.05, 0) is 25.0 Å². The van der Waals surface area contributed by atoms with Gasteiger partial charge in [0.05, 0.1) is 29.6 Å². The predicted molar refractivity (Wildman–Crippen MR) is 90.0 cm³/mol. The fourth-order valence-electron chi connectivity index (χ4n) is 2.95. The highest BCUT2D eigenvalue weighted by molar-refractivity contribution is 5.93. The lowest BCUT2D eigenvalue weighted by Crippen LogP contribution is -2.20. The van der Waals surface area contributed by atoms with E-state index in [2.05, 4.69) is 54.0 Å². The van der Waals surface area contributed by atoms with Crippen molar-refractivity contribution >= 4 is 16.6 Å². The first-order valence-corrected chi connectivity index (χ1v) is 7.55. The first kappa shape index (κ1) is 14.4. The molecular weight excluding hydrogens is 272 g/mol. The molecule has 0 aliphatic rings. The molecule has 22 heavy (non-hydrogen) atoms. The van der Waals surface area contributed by atoms with Crippen LogP contribution in [0.2, 0.25) is 0 Å². The van der Waals surface area contributed by atoms with Crippen LogP contribution in [0.4, 0.5) is 5.69 Å². The third-order valence-electron chi connectivity index (χ3n) is 3.92. The van der Waals surface area contributed by atoms with Gasteiger partial charge in [0, 0.05) is 30.5 Å². The topological polar surface area (TPSA) is 41.9 Å². The van der Waals surface area contributed by atoms with Gasteiger partial charge in [-0.25, -0.2) is 0 Å². The van der Waals surface area contributed by atoms with Crippen LogP contribution in [-0.2, 0) is 13.0 Å². The van der Waals surface area contributed by atoms with E-state index in [1.165, 1.54) is 16.6 Å². The third kappa shape index (κ3) is 2.64. The second-order valence-corrected chi connectivity index (χ2v) is 5.45. The van der Waals surface area contributed by atoms with Crippen molar-refractivity contribution < 1.29 is 0 Å². The van der Waals surface area contributed by atoms with Crippen LogP contribution in [0, 0.1) is 6.92 Å². The summed E-state index contributed by atoms with van der Waals surface area (Å²) in [5.74, 6) is 0. The Morgan fingerprint density at radius 2 is 1.95 bits per heavy atom. The van der Waals surface area contributed by atoms with E-state index in [0.29, 0.717) is 0 Å². The summed E-state index contributed by atoms with van der Waals surface area (Å²) in [6.45, 7) is 5.00. The Labute approximate surface area is 130 Å². The zero-order valence-electron chi connectivity index (χ0n) is 13.2. The minimum absolute atomic E-state index is 0.730. The number of anilines is 1. The highest BCUT2D eigenvalue weighted by Crippen LogP contribution is 2.32. The van der Waals surface area contributed by atoms with Crippen molar-refractivity contribution in [3.05, 3.63) is 59.8 Å². The van der Waals surface area contributed by atoms with E-state index in [1.807, 2.05) is 12.3 Å². The molecule has 0 bridgehead atoms. The molecule has 4 nitrogen and oxygen atoms in total. The predicted octanol–water partition coefficient (Wildman–Crippen LogP) is 3.53. The van der Waals surface area contributed by atoms with E-state index in [0.717, 1.165) is 29.9 Å². The van der Waals surface area contributed by atoms with Crippen LogP contribution in [0.5, 0.6) is 0 Å². The van der Waals surface area contributed by atoms with Gasteiger partial charge in [-0.2, -0.15) is 0 Å². The number of benzene rings is 1. The van der Waals surface area contributed by atoms with Gasteiger partial charge in [-0.15, -0.1) is 0 Å². The van der Waals surface area contributed by atoms with Gasteiger partial charge in [0.2, 0.25) is 0 Å². The number of hydrogen-bond donors (Lipinski definition) is 0. The zero-order chi connectivity index (χ0) is 15.5. The smallest absolute Gasteiger partial charge is 0.0779 e. The second-order valence-electron chi connectivity index (χ2n) is 5.45. The van der Waals surface area contributed by atoms with Crippen LogP contribution >= 0.6 is 0 Å². The van der Waals surface area contributed by atoms with E-state index < -0.39 is 0 Å². The van der Waals surface area contributed by atoms with Crippen molar-refractivity contribution in [2.45, 2.75) is 26.8 Å². The molecule has 0 amide bonds. The first-order valence-electron chi connectivity index (χ1n) is 7.55. The normalized spacial score (nSPS) is 10.9. The SMILES string of the molecule is CCc1c(C)nc2ccccc2c1N(C)Cc1cnccn1. The molecule has 4 heteroatoms. The molecule has 0 saturated heterocycles. The molecule has 0 atom stereocenters. The van der Waals surface area contributed by atoms with Crippen LogP contribution in [0.25, 0.3) is 10.9 Å². The summed E-state index contributed by atoms with van der Waals surface area (Å²) in [4.78, 5) is 15.5. The lowest BCUT2D eigenvalue weighted by molar-refractivity contribution is 0.864. The van der Waals surface area contributed by atoms with Crippen molar-refractivity contribution in [3.63, 3.8) is 0 Å². The van der Waals surface area contributed by atoms with Crippen molar-refractivity contribution in [1.82, 2.24) is 15.0 Å². The summed E-state index contributed by atoms with van der Waals surface area (Å²) >= 11 is 0. The van der Waals surface area contributed by atoms with Crippen molar-refractivity contribution in [3.8, 4) is 0 Å². The second kappa shape index (κ2) is 6.10. The maximum Gasteiger partial charge on any atom is 0.0779 e. The van der Waals surface area contributed by atoms with Crippen molar-refractivity contribution in [1.29, 1.82) is 0 Å². The summed E-state index contributed by atoms with van der Waals surface area (Å²) < 4.78 is 0. The number of aromatic nitrogens is 3. The van der Waals surface area contributed by atoms with Gasteiger partial charge in [0.15, 0.2) is 0 Å². The molecule has 2 aromatic heterocycles. The highest BCUT2D eigenvalue weighted by atomic mass is 15.1. The molecule has 112 valence electrons. The largest absolute Gasteiger partial charge is 0.368 e. The van der Waals surface area contributed by atoms with Gasteiger partial charge >= 0.3 is 0 Å². The maximum atomic E-state index is 4.74. The Morgan fingerprint density at radius 3 is 2.68 bits per heavy atom. The Kier molecular flexibility index (Phi) is 4.00. The maximum absolute atomic E-state index is 4.74.